The van der Waals surface area contributed by atoms with E-state index in [-0.39, 0.29) is 6.03 Å². The van der Waals surface area contributed by atoms with Gasteiger partial charge in [-0.3, -0.25) is 9.88 Å². The lowest BCUT2D eigenvalue weighted by molar-refractivity contribution is 0.247. The zero-order valence-electron chi connectivity index (χ0n) is 14.9. The molecule has 0 aliphatic heterocycles. The highest BCUT2D eigenvalue weighted by molar-refractivity contribution is 7.37. The second-order valence-corrected chi connectivity index (χ2v) is 7.76. The quantitative estimate of drug-likeness (QED) is 0.532. The summed E-state index contributed by atoms with van der Waals surface area (Å²) in [5.74, 6) is 0. The summed E-state index contributed by atoms with van der Waals surface area (Å²) in [5.41, 5.74) is 1.90. The predicted octanol–water partition coefficient (Wildman–Crippen LogP) is 4.50. The van der Waals surface area contributed by atoms with Crippen LogP contribution in [0.15, 0.2) is 67.0 Å². The molecule has 1 atom stereocenters. The van der Waals surface area contributed by atoms with Gasteiger partial charge in [0, 0.05) is 48.5 Å². The molecule has 1 unspecified atom stereocenters. The smallest absolute Gasteiger partial charge is 0.321 e. The molecule has 0 saturated carbocycles. The van der Waals surface area contributed by atoms with Crippen LogP contribution in [-0.2, 0) is 6.42 Å². The van der Waals surface area contributed by atoms with E-state index in [0.717, 1.165) is 37.8 Å². The molecule has 0 fully saturated rings. The lowest BCUT2D eigenvalue weighted by atomic mass is 10.1. The molecule has 0 aliphatic carbocycles. The number of hydrogen-bond acceptors (Lipinski definition) is 3. The summed E-state index contributed by atoms with van der Waals surface area (Å²) in [6.07, 6.45) is 4.24. The fraction of sp³-hybridized carbons (Fsp3) is 0.143. The Labute approximate surface area is 160 Å². The number of hydrogen-bond donors (Lipinski definition) is 1. The van der Waals surface area contributed by atoms with Crippen LogP contribution in [0.2, 0.25) is 0 Å². The lowest BCUT2D eigenvalue weighted by Gasteiger charge is -2.18. The van der Waals surface area contributed by atoms with Gasteiger partial charge in [-0.05, 0) is 59.1 Å². The standard InChI is InChI=1S/C21H19N3O2S/c1-24(21(25)23-13-10-15-8-11-22-12-9-15)16-6-7-20-18(14-16)17-4-2-3-5-19(17)27(20)26/h2-9,11-12,14H,10,13H2,1H3,(H,23,25). The number of nitrogens with zero attached hydrogens (tertiary/aromatic N) is 2. The van der Waals surface area contributed by atoms with Crippen LogP contribution in [-0.4, -0.2) is 29.2 Å². The second kappa shape index (κ2) is 7.34. The van der Waals surface area contributed by atoms with Gasteiger partial charge in [0.15, 0.2) is 9.40 Å². The SMILES string of the molecule is CN(C(=O)NCCc1ccncc1)c1ccc2c(c1)c1ccccc1[s+]2[O-]. The average Bonchev–Trinajstić information content (AvgIpc) is 3.00. The molecule has 27 heavy (non-hydrogen) atoms. The molecule has 0 bridgehead atoms. The number of nitrogens with one attached hydrogen (secondary N) is 1. The summed E-state index contributed by atoms with van der Waals surface area (Å²) in [6.45, 7) is 0.547. The van der Waals surface area contributed by atoms with Gasteiger partial charge in [0.05, 0.1) is 0 Å². The maximum absolute atomic E-state index is 12.6. The zero-order chi connectivity index (χ0) is 18.8. The Morgan fingerprint density at radius 3 is 2.63 bits per heavy atom. The van der Waals surface area contributed by atoms with Crippen molar-refractivity contribution in [3.63, 3.8) is 0 Å². The third kappa shape index (κ3) is 3.37. The normalized spacial score (nSPS) is 11.7. The van der Waals surface area contributed by atoms with Crippen LogP contribution >= 0.6 is 10.8 Å². The van der Waals surface area contributed by atoms with Crippen molar-refractivity contribution >= 4 is 42.6 Å². The van der Waals surface area contributed by atoms with Gasteiger partial charge in [0.25, 0.3) is 0 Å². The summed E-state index contributed by atoms with van der Waals surface area (Å²) >= 11 is 0. The van der Waals surface area contributed by atoms with Crippen molar-refractivity contribution in [1.82, 2.24) is 10.3 Å². The molecule has 0 spiro atoms. The summed E-state index contributed by atoms with van der Waals surface area (Å²) in [4.78, 5) is 18.1. The van der Waals surface area contributed by atoms with Crippen LogP contribution < -0.4 is 10.2 Å². The van der Waals surface area contributed by atoms with Crippen molar-refractivity contribution in [2.45, 2.75) is 6.42 Å². The van der Waals surface area contributed by atoms with Crippen molar-refractivity contribution in [2.75, 3.05) is 18.5 Å². The van der Waals surface area contributed by atoms with E-state index in [1.165, 1.54) is 0 Å². The van der Waals surface area contributed by atoms with Crippen LogP contribution in [0.25, 0.3) is 20.2 Å². The van der Waals surface area contributed by atoms with Gasteiger partial charge in [-0.15, -0.1) is 0 Å². The highest BCUT2D eigenvalue weighted by Gasteiger charge is 2.17. The fourth-order valence-corrected chi connectivity index (χ4v) is 4.54. The molecular weight excluding hydrogens is 358 g/mol. The largest absolute Gasteiger partial charge is 0.590 e. The molecule has 0 aliphatic rings. The van der Waals surface area contributed by atoms with Gasteiger partial charge in [0.2, 0.25) is 0 Å². The van der Waals surface area contributed by atoms with E-state index >= 15 is 0 Å². The number of carbonyl (C=O) groups is 1. The second-order valence-electron chi connectivity index (χ2n) is 6.34. The maximum atomic E-state index is 12.6. The highest BCUT2D eigenvalue weighted by atomic mass is 32.2. The minimum absolute atomic E-state index is 0.170. The molecule has 6 heteroatoms. The van der Waals surface area contributed by atoms with E-state index in [4.69, 9.17) is 0 Å². The first-order valence-corrected chi connectivity index (χ1v) is 9.86. The Hall–Kier alpha value is -2.96. The zero-order valence-corrected chi connectivity index (χ0v) is 15.7. The molecule has 2 aromatic heterocycles. The number of rotatable bonds is 4. The predicted molar refractivity (Wildman–Crippen MR) is 110 cm³/mol. The van der Waals surface area contributed by atoms with Gasteiger partial charge in [0.1, 0.15) is 0 Å². The van der Waals surface area contributed by atoms with Gasteiger partial charge in [-0.25, -0.2) is 4.79 Å². The first kappa shape index (κ1) is 17.5. The molecule has 4 rings (SSSR count). The molecule has 0 radical (unpaired) electrons. The molecule has 5 nitrogen and oxygen atoms in total. The lowest BCUT2D eigenvalue weighted by Crippen LogP contribution is -2.38. The Morgan fingerprint density at radius 1 is 1.07 bits per heavy atom. The van der Waals surface area contributed by atoms with E-state index < -0.39 is 10.8 Å². The van der Waals surface area contributed by atoms with E-state index in [0.29, 0.717) is 6.54 Å². The number of carbonyl (C=O) groups excluding carboxylic acids is 1. The number of fused-ring (bicyclic) bond motifs is 3. The average molecular weight is 377 g/mol. The number of anilines is 1. The van der Waals surface area contributed by atoms with Crippen LogP contribution in [0.4, 0.5) is 10.5 Å². The first-order valence-electron chi connectivity index (χ1n) is 8.71. The van der Waals surface area contributed by atoms with Crippen molar-refractivity contribution in [2.24, 2.45) is 0 Å². The molecular formula is C21H19N3O2S. The number of aromatic nitrogens is 1. The summed E-state index contributed by atoms with van der Waals surface area (Å²) in [5, 5.41) is 4.83. The van der Waals surface area contributed by atoms with E-state index in [1.807, 2.05) is 54.6 Å². The third-order valence-electron chi connectivity index (χ3n) is 4.67. The van der Waals surface area contributed by atoms with Crippen LogP contribution in [0.5, 0.6) is 0 Å². The molecule has 0 saturated heterocycles. The Morgan fingerprint density at radius 2 is 1.81 bits per heavy atom. The molecule has 2 amide bonds. The van der Waals surface area contributed by atoms with Crippen LogP contribution in [0.1, 0.15) is 5.56 Å². The Bertz CT molecular complexity index is 1110. The van der Waals surface area contributed by atoms with E-state index in [9.17, 15) is 9.35 Å². The fourth-order valence-electron chi connectivity index (χ4n) is 3.17. The molecule has 2 aromatic carbocycles. The van der Waals surface area contributed by atoms with Crippen molar-refractivity contribution in [3.8, 4) is 0 Å². The summed E-state index contributed by atoms with van der Waals surface area (Å²) in [7, 11) is 0.582. The topological polar surface area (TPSA) is 68.3 Å². The highest BCUT2D eigenvalue weighted by Crippen LogP contribution is 2.41. The van der Waals surface area contributed by atoms with Crippen molar-refractivity contribution in [3.05, 3.63) is 72.6 Å². The van der Waals surface area contributed by atoms with E-state index in [2.05, 4.69) is 10.3 Å². The number of urea groups is 1. The Kier molecular flexibility index (Phi) is 4.75. The summed E-state index contributed by atoms with van der Waals surface area (Å²) in [6, 6.07) is 17.0. The Balaban J connectivity index is 1.52. The van der Waals surface area contributed by atoms with Gasteiger partial charge in [-0.1, -0.05) is 12.1 Å². The molecule has 2 heterocycles. The third-order valence-corrected chi connectivity index (χ3v) is 6.18. The number of amides is 2. The first-order chi connectivity index (χ1) is 13.1. The van der Waals surface area contributed by atoms with Crippen molar-refractivity contribution in [1.29, 1.82) is 0 Å². The van der Waals surface area contributed by atoms with E-state index in [1.54, 1.807) is 24.3 Å². The molecule has 1 N–H and O–H groups in total. The van der Waals surface area contributed by atoms with Gasteiger partial charge < -0.3 is 9.87 Å². The number of thiophene rings is 1. The maximum Gasteiger partial charge on any atom is 0.321 e. The summed E-state index contributed by atoms with van der Waals surface area (Å²) < 4.78 is 14.2. The molecule has 136 valence electrons. The number of benzene rings is 2. The number of pyridine rings is 1. The van der Waals surface area contributed by atoms with Gasteiger partial charge in [-0.2, -0.15) is 0 Å². The van der Waals surface area contributed by atoms with Crippen LogP contribution in [0, 0.1) is 0 Å². The minimum atomic E-state index is -1.16. The minimum Gasteiger partial charge on any atom is -0.590 e. The van der Waals surface area contributed by atoms with Gasteiger partial charge >= 0.3 is 6.03 Å². The molecule has 4 aromatic rings. The van der Waals surface area contributed by atoms with Crippen LogP contribution in [0.3, 0.4) is 0 Å². The van der Waals surface area contributed by atoms with Crippen molar-refractivity contribution < 1.29 is 9.35 Å². The monoisotopic (exact) mass is 377 g/mol.